The van der Waals surface area contributed by atoms with Crippen molar-refractivity contribution in [1.29, 1.82) is 0 Å². The molecule has 2 rings (SSSR count). The second-order valence-corrected chi connectivity index (χ2v) is 6.01. The third kappa shape index (κ3) is 4.63. The lowest BCUT2D eigenvalue weighted by Crippen LogP contribution is -2.37. The number of amides is 2. The Morgan fingerprint density at radius 1 is 1.21 bits per heavy atom. The number of hydrogen-bond donors (Lipinski definition) is 1. The van der Waals surface area contributed by atoms with Crippen LogP contribution in [-0.4, -0.2) is 38.6 Å². The predicted octanol–water partition coefficient (Wildman–Crippen LogP) is 2.51. The van der Waals surface area contributed by atoms with Crippen molar-refractivity contribution in [2.75, 3.05) is 25.7 Å². The summed E-state index contributed by atoms with van der Waals surface area (Å²) < 4.78 is 10.6. The molecule has 1 aliphatic rings. The number of carbonyl (C=O) groups excluding carboxylic acids is 2. The van der Waals surface area contributed by atoms with Gasteiger partial charge in [0.2, 0.25) is 11.8 Å². The van der Waals surface area contributed by atoms with Gasteiger partial charge in [-0.05, 0) is 25.0 Å². The molecule has 1 N–H and O–H groups in total. The smallest absolute Gasteiger partial charge is 0.223 e. The molecule has 0 aliphatic heterocycles. The molecule has 0 saturated heterocycles. The Morgan fingerprint density at radius 2 is 1.92 bits per heavy atom. The molecule has 0 spiro atoms. The van der Waals surface area contributed by atoms with Crippen LogP contribution in [0.15, 0.2) is 18.2 Å². The van der Waals surface area contributed by atoms with Crippen LogP contribution in [0.1, 0.15) is 39.0 Å². The standard InChI is InChI=1S/C18H26N2O4/c1-13(21)20(11-10-18(22)19-14-6-4-5-7-14)16-12-15(23-2)8-9-17(16)24-3/h8-9,12,14H,4-7,10-11H2,1-3H3,(H,19,22). The van der Waals surface area contributed by atoms with Gasteiger partial charge in [0.15, 0.2) is 0 Å². The molecule has 132 valence electrons. The Kier molecular flexibility index (Phi) is 6.46. The maximum Gasteiger partial charge on any atom is 0.223 e. The van der Waals surface area contributed by atoms with E-state index in [1.807, 2.05) is 0 Å². The molecule has 24 heavy (non-hydrogen) atoms. The first-order chi connectivity index (χ1) is 11.5. The van der Waals surface area contributed by atoms with Gasteiger partial charge in [-0.2, -0.15) is 0 Å². The minimum atomic E-state index is -0.143. The monoisotopic (exact) mass is 334 g/mol. The Hall–Kier alpha value is -2.24. The predicted molar refractivity (Wildman–Crippen MR) is 92.6 cm³/mol. The third-order valence-corrected chi connectivity index (χ3v) is 4.34. The van der Waals surface area contributed by atoms with Gasteiger partial charge in [0, 0.05) is 32.0 Å². The largest absolute Gasteiger partial charge is 0.497 e. The molecule has 6 heteroatoms. The molecule has 0 unspecified atom stereocenters. The van der Waals surface area contributed by atoms with Crippen molar-refractivity contribution in [2.24, 2.45) is 0 Å². The number of carbonyl (C=O) groups is 2. The van der Waals surface area contributed by atoms with E-state index in [0.29, 0.717) is 23.7 Å². The van der Waals surface area contributed by atoms with Crippen LogP contribution in [0.25, 0.3) is 0 Å². The number of nitrogens with one attached hydrogen (secondary N) is 1. The van der Waals surface area contributed by atoms with Crippen LogP contribution in [0.4, 0.5) is 5.69 Å². The number of anilines is 1. The topological polar surface area (TPSA) is 67.9 Å². The highest BCUT2D eigenvalue weighted by Crippen LogP contribution is 2.32. The van der Waals surface area contributed by atoms with Crippen LogP contribution < -0.4 is 19.7 Å². The fraction of sp³-hybridized carbons (Fsp3) is 0.556. The Balaban J connectivity index is 2.06. The highest BCUT2D eigenvalue weighted by atomic mass is 16.5. The lowest BCUT2D eigenvalue weighted by molar-refractivity contribution is -0.121. The summed E-state index contributed by atoms with van der Waals surface area (Å²) in [5, 5.41) is 3.04. The van der Waals surface area contributed by atoms with Gasteiger partial charge in [0.1, 0.15) is 11.5 Å². The zero-order chi connectivity index (χ0) is 17.5. The number of nitrogens with zero attached hydrogens (tertiary/aromatic N) is 1. The normalized spacial score (nSPS) is 14.3. The average Bonchev–Trinajstić information content (AvgIpc) is 3.07. The van der Waals surface area contributed by atoms with Crippen molar-refractivity contribution in [3.8, 4) is 11.5 Å². The minimum Gasteiger partial charge on any atom is -0.497 e. The number of ether oxygens (including phenoxy) is 2. The van der Waals surface area contributed by atoms with Crippen molar-refractivity contribution in [1.82, 2.24) is 5.32 Å². The van der Waals surface area contributed by atoms with Crippen LogP contribution in [0, 0.1) is 0 Å². The van der Waals surface area contributed by atoms with Gasteiger partial charge in [-0.3, -0.25) is 9.59 Å². The molecule has 2 amide bonds. The number of hydrogen-bond acceptors (Lipinski definition) is 4. The third-order valence-electron chi connectivity index (χ3n) is 4.34. The van der Waals surface area contributed by atoms with Crippen LogP contribution >= 0.6 is 0 Å². The lowest BCUT2D eigenvalue weighted by atomic mass is 10.2. The quantitative estimate of drug-likeness (QED) is 0.832. The van der Waals surface area contributed by atoms with E-state index in [1.54, 1.807) is 37.3 Å². The van der Waals surface area contributed by atoms with Gasteiger partial charge in [-0.1, -0.05) is 12.8 Å². The second kappa shape index (κ2) is 8.57. The summed E-state index contributed by atoms with van der Waals surface area (Å²) in [5.41, 5.74) is 0.609. The SMILES string of the molecule is COc1ccc(OC)c(N(CCC(=O)NC2CCCC2)C(C)=O)c1. The molecule has 0 bridgehead atoms. The van der Waals surface area contributed by atoms with E-state index in [1.165, 1.54) is 19.8 Å². The summed E-state index contributed by atoms with van der Waals surface area (Å²) in [6.07, 6.45) is 4.70. The van der Waals surface area contributed by atoms with E-state index in [2.05, 4.69) is 5.32 Å². The molecule has 1 aromatic rings. The van der Waals surface area contributed by atoms with Crippen molar-refractivity contribution < 1.29 is 19.1 Å². The van der Waals surface area contributed by atoms with Gasteiger partial charge in [-0.25, -0.2) is 0 Å². The van der Waals surface area contributed by atoms with E-state index in [9.17, 15) is 9.59 Å². The molecule has 0 heterocycles. The summed E-state index contributed by atoms with van der Waals surface area (Å²) in [6, 6.07) is 5.56. The molecule has 0 radical (unpaired) electrons. The van der Waals surface area contributed by atoms with Gasteiger partial charge in [0.25, 0.3) is 0 Å². The molecule has 1 fully saturated rings. The molecule has 1 aromatic carbocycles. The molecule has 0 atom stereocenters. The maximum absolute atomic E-state index is 12.1. The fourth-order valence-electron chi connectivity index (χ4n) is 3.04. The van der Waals surface area contributed by atoms with E-state index in [4.69, 9.17) is 9.47 Å². The first-order valence-electron chi connectivity index (χ1n) is 8.34. The molecule has 1 saturated carbocycles. The van der Waals surface area contributed by atoms with Crippen molar-refractivity contribution in [3.05, 3.63) is 18.2 Å². The maximum atomic E-state index is 12.1. The van der Waals surface area contributed by atoms with Crippen LogP contribution in [0.5, 0.6) is 11.5 Å². The fourth-order valence-corrected chi connectivity index (χ4v) is 3.04. The Labute approximate surface area is 143 Å². The van der Waals surface area contributed by atoms with Gasteiger partial charge >= 0.3 is 0 Å². The summed E-state index contributed by atoms with van der Waals surface area (Å²) in [6.45, 7) is 1.78. The number of methoxy groups -OCH3 is 2. The Morgan fingerprint density at radius 3 is 2.50 bits per heavy atom. The van der Waals surface area contributed by atoms with E-state index in [0.717, 1.165) is 12.8 Å². The molecular weight excluding hydrogens is 308 g/mol. The zero-order valence-corrected chi connectivity index (χ0v) is 14.6. The van der Waals surface area contributed by atoms with Gasteiger partial charge in [0.05, 0.1) is 19.9 Å². The Bertz CT molecular complexity index is 582. The summed E-state index contributed by atoms with van der Waals surface area (Å²) in [7, 11) is 3.12. The van der Waals surface area contributed by atoms with Crippen molar-refractivity contribution in [2.45, 2.75) is 45.1 Å². The number of rotatable bonds is 7. The van der Waals surface area contributed by atoms with E-state index < -0.39 is 0 Å². The first-order valence-corrected chi connectivity index (χ1v) is 8.34. The van der Waals surface area contributed by atoms with Crippen molar-refractivity contribution in [3.63, 3.8) is 0 Å². The summed E-state index contributed by atoms with van der Waals surface area (Å²) >= 11 is 0. The highest BCUT2D eigenvalue weighted by molar-refractivity contribution is 5.94. The second-order valence-electron chi connectivity index (χ2n) is 6.01. The average molecular weight is 334 g/mol. The first kappa shape index (κ1) is 18.1. The van der Waals surface area contributed by atoms with E-state index in [-0.39, 0.29) is 24.3 Å². The van der Waals surface area contributed by atoms with Crippen molar-refractivity contribution >= 4 is 17.5 Å². The van der Waals surface area contributed by atoms with Crippen LogP contribution in [0.2, 0.25) is 0 Å². The minimum absolute atomic E-state index is 0.0185. The van der Waals surface area contributed by atoms with Crippen LogP contribution in [-0.2, 0) is 9.59 Å². The molecule has 1 aliphatic carbocycles. The molecule has 0 aromatic heterocycles. The molecular formula is C18H26N2O4. The highest BCUT2D eigenvalue weighted by Gasteiger charge is 2.20. The zero-order valence-electron chi connectivity index (χ0n) is 14.6. The summed E-state index contributed by atoms with van der Waals surface area (Å²) in [5.74, 6) is 1.04. The summed E-state index contributed by atoms with van der Waals surface area (Å²) in [4.78, 5) is 25.7. The van der Waals surface area contributed by atoms with Crippen LogP contribution in [0.3, 0.4) is 0 Å². The molecule has 6 nitrogen and oxygen atoms in total. The van der Waals surface area contributed by atoms with Gasteiger partial charge < -0.3 is 19.7 Å². The van der Waals surface area contributed by atoms with Gasteiger partial charge in [-0.15, -0.1) is 0 Å². The van der Waals surface area contributed by atoms with E-state index >= 15 is 0 Å². The lowest BCUT2D eigenvalue weighted by Gasteiger charge is -2.24. The number of benzene rings is 1.